The summed E-state index contributed by atoms with van der Waals surface area (Å²) in [5.74, 6) is 0.581. The minimum Gasteiger partial charge on any atom is -0.464 e. The average Bonchev–Trinajstić information content (AvgIpc) is 3.76. The molecule has 2 heterocycles. The van der Waals surface area contributed by atoms with Gasteiger partial charge in [0.2, 0.25) is 0 Å². The number of nitrogens with zero attached hydrogens (tertiary/aromatic N) is 1. The van der Waals surface area contributed by atoms with E-state index in [-0.39, 0.29) is 0 Å². The molecule has 2 nitrogen and oxygen atoms in total. The van der Waals surface area contributed by atoms with E-state index in [1.54, 1.807) is 28.5 Å². The first kappa shape index (κ1) is 36.2. The fourth-order valence-corrected chi connectivity index (χ4v) is 8.08. The number of benzene rings is 5. The lowest BCUT2D eigenvalue weighted by atomic mass is 9.89. The summed E-state index contributed by atoms with van der Waals surface area (Å²) in [6.07, 6.45) is 12.5. The SMILES string of the molecule is CCn1c2ccccc2c2cccc(C)c21.Cc1cc(C(C)C)cc2ccoc12.Cc1ccc2c(c1)CCCC2.Cc1cccc2c1CCCC2. The van der Waals surface area contributed by atoms with Crippen molar-refractivity contribution in [2.75, 3.05) is 0 Å². The largest absolute Gasteiger partial charge is 0.464 e. The molecule has 0 fully saturated rings. The van der Waals surface area contributed by atoms with Crippen molar-refractivity contribution in [3.63, 3.8) is 0 Å². The molecule has 5 aromatic carbocycles. The van der Waals surface area contributed by atoms with Gasteiger partial charge in [0.25, 0.3) is 0 Å². The van der Waals surface area contributed by atoms with E-state index in [4.69, 9.17) is 4.42 Å². The van der Waals surface area contributed by atoms with Gasteiger partial charge in [-0.2, -0.15) is 0 Å². The zero-order valence-electron chi connectivity index (χ0n) is 32.1. The van der Waals surface area contributed by atoms with Gasteiger partial charge in [0, 0.05) is 28.2 Å². The Morgan fingerprint density at radius 3 is 2.06 bits per heavy atom. The lowest BCUT2D eigenvalue weighted by Gasteiger charge is -2.17. The zero-order valence-corrected chi connectivity index (χ0v) is 32.1. The highest BCUT2D eigenvalue weighted by Gasteiger charge is 2.11. The molecule has 0 saturated heterocycles. The van der Waals surface area contributed by atoms with Crippen molar-refractivity contribution in [3.8, 4) is 0 Å². The smallest absolute Gasteiger partial charge is 0.136 e. The number of aryl methyl sites for hydroxylation is 8. The molecule has 0 amide bonds. The summed E-state index contributed by atoms with van der Waals surface area (Å²) in [7, 11) is 0. The van der Waals surface area contributed by atoms with Gasteiger partial charge in [-0.05, 0) is 155 Å². The molecule has 2 aromatic heterocycles. The maximum absolute atomic E-state index is 5.38. The summed E-state index contributed by atoms with van der Waals surface area (Å²) < 4.78 is 7.79. The molecule has 0 radical (unpaired) electrons. The third-order valence-electron chi connectivity index (χ3n) is 10.9. The first-order valence-electron chi connectivity index (χ1n) is 19.3. The number of hydrogen-bond donors (Lipinski definition) is 0. The standard InChI is InChI=1S/C15H15N.C12H14O.2C11H14/c1-3-16-14-10-5-4-8-12(14)13-9-6-7-11(2)15(13)16;1-8(2)11-6-9(3)12-10(7-11)4-5-13-12;1-9-5-4-7-10-6-2-3-8-11(9)10;1-9-6-7-10-4-2-3-5-11(10)8-9/h4-10H,3H2,1-2H3;4-8H,1-3H3;4-5,7H,2-3,6,8H2,1H3;6-8H,2-5H2,1H3. The number of aromatic nitrogens is 1. The predicted octanol–water partition coefficient (Wildman–Crippen LogP) is 13.7. The van der Waals surface area contributed by atoms with Crippen LogP contribution in [0.3, 0.4) is 0 Å². The maximum Gasteiger partial charge on any atom is 0.136 e. The Kier molecular flexibility index (Phi) is 11.8. The van der Waals surface area contributed by atoms with Crippen molar-refractivity contribution in [1.82, 2.24) is 4.57 Å². The van der Waals surface area contributed by atoms with E-state index in [1.165, 1.54) is 106 Å². The Bertz CT molecular complexity index is 2220. The second kappa shape index (κ2) is 16.6. The third kappa shape index (κ3) is 8.33. The molecule has 7 aromatic rings. The second-order valence-electron chi connectivity index (χ2n) is 15.0. The normalized spacial score (nSPS) is 13.4. The highest BCUT2D eigenvalue weighted by molar-refractivity contribution is 6.09. The molecule has 2 aliphatic carbocycles. The molecule has 0 N–H and O–H groups in total. The number of furan rings is 1. The van der Waals surface area contributed by atoms with E-state index in [2.05, 4.69) is 144 Å². The summed E-state index contributed by atoms with van der Waals surface area (Å²) in [4.78, 5) is 0. The van der Waals surface area contributed by atoms with Crippen LogP contribution in [0.2, 0.25) is 0 Å². The van der Waals surface area contributed by atoms with Gasteiger partial charge >= 0.3 is 0 Å². The van der Waals surface area contributed by atoms with Crippen LogP contribution in [0, 0.1) is 27.7 Å². The quantitative estimate of drug-likeness (QED) is 0.178. The minimum atomic E-state index is 0.581. The third-order valence-corrected chi connectivity index (χ3v) is 10.9. The van der Waals surface area contributed by atoms with E-state index in [0.29, 0.717) is 5.92 Å². The van der Waals surface area contributed by atoms with E-state index < -0.39 is 0 Å². The van der Waals surface area contributed by atoms with Crippen LogP contribution in [-0.2, 0) is 32.2 Å². The van der Waals surface area contributed by atoms with Gasteiger partial charge < -0.3 is 8.98 Å². The van der Waals surface area contributed by atoms with Crippen LogP contribution in [0.1, 0.15) is 102 Å². The van der Waals surface area contributed by atoms with E-state index in [9.17, 15) is 0 Å². The van der Waals surface area contributed by atoms with Crippen LogP contribution in [0.15, 0.2) is 108 Å². The summed E-state index contributed by atoms with van der Waals surface area (Å²) >= 11 is 0. The first-order chi connectivity index (χ1) is 24.7. The predicted molar refractivity (Wildman–Crippen MR) is 221 cm³/mol. The van der Waals surface area contributed by atoms with Crippen LogP contribution < -0.4 is 0 Å². The van der Waals surface area contributed by atoms with Crippen LogP contribution in [0.5, 0.6) is 0 Å². The lowest BCUT2D eigenvalue weighted by Crippen LogP contribution is -2.03. The lowest BCUT2D eigenvalue weighted by molar-refractivity contribution is 0.613. The Balaban J connectivity index is 0.000000119. The van der Waals surface area contributed by atoms with Crippen LogP contribution in [0.25, 0.3) is 32.8 Å². The van der Waals surface area contributed by atoms with Gasteiger partial charge in [-0.25, -0.2) is 0 Å². The van der Waals surface area contributed by atoms with Crippen LogP contribution in [-0.4, -0.2) is 4.57 Å². The Labute approximate surface area is 306 Å². The first-order valence-corrected chi connectivity index (χ1v) is 19.3. The van der Waals surface area contributed by atoms with Gasteiger partial charge in [-0.1, -0.05) is 98.3 Å². The monoisotopic (exact) mass is 675 g/mol. The maximum atomic E-state index is 5.38. The van der Waals surface area contributed by atoms with Gasteiger partial charge in [-0.3, -0.25) is 0 Å². The molecule has 0 aliphatic heterocycles. The highest BCUT2D eigenvalue weighted by Crippen LogP contribution is 2.31. The van der Waals surface area contributed by atoms with E-state index in [0.717, 1.165) is 12.1 Å². The number of rotatable bonds is 2. The van der Waals surface area contributed by atoms with Gasteiger partial charge in [0.05, 0.1) is 11.8 Å². The molecular weight excluding hydrogens is 619 g/mol. The molecule has 0 bridgehead atoms. The Hall–Kier alpha value is -4.56. The molecule has 264 valence electrons. The average molecular weight is 676 g/mol. The second-order valence-corrected chi connectivity index (χ2v) is 15.0. The van der Waals surface area contributed by atoms with Gasteiger partial charge in [0.15, 0.2) is 0 Å². The Morgan fingerprint density at radius 2 is 1.29 bits per heavy atom. The molecule has 0 saturated carbocycles. The summed E-state index contributed by atoms with van der Waals surface area (Å²) in [6.45, 7) is 16.3. The fraction of sp³-hybridized carbons (Fsp3) is 0.347. The molecular formula is C49H57NO. The number of para-hydroxylation sites is 2. The van der Waals surface area contributed by atoms with Gasteiger partial charge in [-0.15, -0.1) is 0 Å². The van der Waals surface area contributed by atoms with Crippen molar-refractivity contribution in [2.24, 2.45) is 0 Å². The van der Waals surface area contributed by atoms with Crippen molar-refractivity contribution < 1.29 is 4.42 Å². The van der Waals surface area contributed by atoms with E-state index >= 15 is 0 Å². The van der Waals surface area contributed by atoms with Crippen molar-refractivity contribution >= 4 is 32.8 Å². The van der Waals surface area contributed by atoms with Crippen LogP contribution in [0.4, 0.5) is 0 Å². The molecule has 0 atom stereocenters. The molecule has 0 spiro atoms. The van der Waals surface area contributed by atoms with Crippen molar-refractivity contribution in [1.29, 1.82) is 0 Å². The molecule has 2 aliphatic rings. The molecule has 2 heteroatoms. The fourth-order valence-electron chi connectivity index (χ4n) is 8.08. The Morgan fingerprint density at radius 1 is 0.608 bits per heavy atom. The molecule has 51 heavy (non-hydrogen) atoms. The van der Waals surface area contributed by atoms with Crippen LogP contribution >= 0.6 is 0 Å². The zero-order chi connectivity index (χ0) is 35.9. The molecule has 9 rings (SSSR count). The van der Waals surface area contributed by atoms with E-state index in [1.807, 2.05) is 6.07 Å². The summed E-state index contributed by atoms with van der Waals surface area (Å²) in [5.41, 5.74) is 17.0. The topological polar surface area (TPSA) is 18.1 Å². The minimum absolute atomic E-state index is 0.581. The summed E-state index contributed by atoms with van der Waals surface area (Å²) in [5, 5.41) is 3.95. The van der Waals surface area contributed by atoms with Crippen molar-refractivity contribution in [3.05, 3.63) is 153 Å². The number of fused-ring (bicyclic) bond motifs is 6. The summed E-state index contributed by atoms with van der Waals surface area (Å²) in [6, 6.07) is 35.2. The van der Waals surface area contributed by atoms with Crippen molar-refractivity contribution in [2.45, 2.75) is 112 Å². The highest BCUT2D eigenvalue weighted by atomic mass is 16.3. The van der Waals surface area contributed by atoms with Gasteiger partial charge in [0.1, 0.15) is 5.58 Å². The number of hydrogen-bond acceptors (Lipinski definition) is 1. The molecule has 0 unspecified atom stereocenters.